The number of rotatable bonds is 3. The third-order valence-electron chi connectivity index (χ3n) is 5.50. The van der Waals surface area contributed by atoms with E-state index in [4.69, 9.17) is 0 Å². The molecule has 1 aliphatic heterocycles. The van der Waals surface area contributed by atoms with Crippen LogP contribution >= 0.6 is 0 Å². The molecular formula is C23H29F3N4O. The van der Waals surface area contributed by atoms with Gasteiger partial charge in [-0.3, -0.25) is 4.79 Å². The molecule has 1 aromatic heterocycles. The molecule has 1 fully saturated rings. The van der Waals surface area contributed by atoms with Gasteiger partial charge in [-0.1, -0.05) is 39.8 Å². The van der Waals surface area contributed by atoms with Crippen molar-refractivity contribution in [2.45, 2.75) is 47.2 Å². The molecule has 0 N–H and O–H groups in total. The first-order valence-electron chi connectivity index (χ1n) is 10.5. The molecule has 0 bridgehead atoms. The molecule has 8 heteroatoms. The Balaban J connectivity index is 1.92. The van der Waals surface area contributed by atoms with Crippen LogP contribution in [0.1, 0.15) is 44.5 Å². The summed E-state index contributed by atoms with van der Waals surface area (Å²) in [6.45, 7) is 12.0. The van der Waals surface area contributed by atoms with Gasteiger partial charge in [0, 0.05) is 48.4 Å². The molecule has 1 aliphatic rings. The Labute approximate surface area is 181 Å². The van der Waals surface area contributed by atoms with Crippen LogP contribution in [-0.4, -0.2) is 47.0 Å². The highest BCUT2D eigenvalue weighted by atomic mass is 19.4. The Morgan fingerprint density at radius 2 is 1.71 bits per heavy atom. The van der Waals surface area contributed by atoms with Crippen molar-refractivity contribution in [3.63, 3.8) is 0 Å². The number of halogens is 3. The molecule has 2 aromatic rings. The minimum atomic E-state index is -4.42. The molecule has 1 saturated heterocycles. The summed E-state index contributed by atoms with van der Waals surface area (Å²) in [6, 6.07) is 5.10. The SMILES string of the molecule is CCc1c(C)nc(-c2cccc(C(F)(F)F)c2)nc1N1CCN(C(=O)C(C)(C)C)CC1. The molecule has 3 rings (SSSR count). The highest BCUT2D eigenvalue weighted by molar-refractivity contribution is 5.81. The molecule has 168 valence electrons. The van der Waals surface area contributed by atoms with Crippen LogP contribution in [-0.2, 0) is 17.4 Å². The minimum absolute atomic E-state index is 0.117. The smallest absolute Gasteiger partial charge is 0.353 e. The molecule has 1 aromatic carbocycles. The van der Waals surface area contributed by atoms with Crippen LogP contribution in [0.2, 0.25) is 0 Å². The van der Waals surface area contributed by atoms with E-state index < -0.39 is 17.2 Å². The third-order valence-corrected chi connectivity index (χ3v) is 5.50. The molecule has 0 unspecified atom stereocenters. The molecular weight excluding hydrogens is 405 g/mol. The molecule has 0 radical (unpaired) electrons. The van der Waals surface area contributed by atoms with Gasteiger partial charge < -0.3 is 9.80 Å². The van der Waals surface area contributed by atoms with E-state index in [1.54, 1.807) is 6.07 Å². The van der Waals surface area contributed by atoms with E-state index in [0.29, 0.717) is 38.2 Å². The van der Waals surface area contributed by atoms with Gasteiger partial charge in [-0.15, -0.1) is 0 Å². The van der Waals surface area contributed by atoms with Crippen molar-refractivity contribution in [1.29, 1.82) is 0 Å². The third kappa shape index (κ3) is 4.99. The van der Waals surface area contributed by atoms with Gasteiger partial charge in [0.2, 0.25) is 5.91 Å². The largest absolute Gasteiger partial charge is 0.416 e. The summed E-state index contributed by atoms with van der Waals surface area (Å²) in [5.41, 5.74) is 0.920. The van der Waals surface area contributed by atoms with Crippen LogP contribution in [0.25, 0.3) is 11.4 Å². The first kappa shape index (κ1) is 23.0. The molecule has 0 aliphatic carbocycles. The van der Waals surface area contributed by atoms with Gasteiger partial charge in [0.25, 0.3) is 0 Å². The maximum absolute atomic E-state index is 13.2. The fourth-order valence-electron chi connectivity index (χ4n) is 3.82. The first-order chi connectivity index (χ1) is 14.4. The Bertz CT molecular complexity index is 958. The van der Waals surface area contributed by atoms with Gasteiger partial charge in [0.15, 0.2) is 5.82 Å². The monoisotopic (exact) mass is 434 g/mol. The number of piperazine rings is 1. The summed E-state index contributed by atoms with van der Waals surface area (Å²) in [5, 5.41) is 0. The number of hydrogen-bond acceptors (Lipinski definition) is 4. The van der Waals surface area contributed by atoms with Crippen molar-refractivity contribution in [3.8, 4) is 11.4 Å². The van der Waals surface area contributed by atoms with E-state index in [1.807, 2.05) is 39.5 Å². The van der Waals surface area contributed by atoms with Crippen molar-refractivity contribution in [3.05, 3.63) is 41.1 Å². The molecule has 5 nitrogen and oxygen atoms in total. The van der Waals surface area contributed by atoms with Crippen molar-refractivity contribution in [2.75, 3.05) is 31.1 Å². The highest BCUT2D eigenvalue weighted by Gasteiger charge is 2.32. The topological polar surface area (TPSA) is 49.3 Å². The summed E-state index contributed by atoms with van der Waals surface area (Å²) in [5.74, 6) is 1.14. The normalized spacial score (nSPS) is 15.4. The van der Waals surface area contributed by atoms with Crippen LogP contribution in [0.5, 0.6) is 0 Å². The number of aryl methyl sites for hydroxylation is 1. The summed E-state index contributed by atoms with van der Waals surface area (Å²) < 4.78 is 39.5. The molecule has 0 atom stereocenters. The van der Waals surface area contributed by atoms with E-state index in [-0.39, 0.29) is 11.7 Å². The van der Waals surface area contributed by atoms with Crippen molar-refractivity contribution in [2.24, 2.45) is 5.41 Å². The maximum Gasteiger partial charge on any atom is 0.416 e. The van der Waals surface area contributed by atoms with Crippen LogP contribution in [0.3, 0.4) is 0 Å². The average molecular weight is 435 g/mol. The number of alkyl halides is 3. The molecule has 0 spiro atoms. The predicted molar refractivity (Wildman–Crippen MR) is 115 cm³/mol. The summed E-state index contributed by atoms with van der Waals surface area (Å²) in [4.78, 5) is 25.7. The number of nitrogens with zero attached hydrogens (tertiary/aromatic N) is 4. The molecule has 1 amide bonds. The number of aromatic nitrogens is 2. The number of hydrogen-bond donors (Lipinski definition) is 0. The number of benzene rings is 1. The van der Waals surface area contributed by atoms with Crippen LogP contribution in [0, 0.1) is 12.3 Å². The second-order valence-electron chi connectivity index (χ2n) is 8.90. The number of amides is 1. The predicted octanol–water partition coefficient (Wildman–Crippen LogP) is 4.73. The van der Waals surface area contributed by atoms with E-state index in [0.717, 1.165) is 29.2 Å². The van der Waals surface area contributed by atoms with Gasteiger partial charge in [-0.25, -0.2) is 9.97 Å². The zero-order chi connectivity index (χ0) is 23.0. The highest BCUT2D eigenvalue weighted by Crippen LogP contribution is 2.33. The van der Waals surface area contributed by atoms with Gasteiger partial charge >= 0.3 is 6.18 Å². The summed E-state index contributed by atoms with van der Waals surface area (Å²) in [7, 11) is 0. The fourth-order valence-corrected chi connectivity index (χ4v) is 3.82. The lowest BCUT2D eigenvalue weighted by molar-refractivity contribution is -0.140. The summed E-state index contributed by atoms with van der Waals surface area (Å²) >= 11 is 0. The van der Waals surface area contributed by atoms with Crippen molar-refractivity contribution < 1.29 is 18.0 Å². The lowest BCUT2D eigenvalue weighted by Crippen LogP contribution is -2.52. The average Bonchev–Trinajstić information content (AvgIpc) is 2.71. The zero-order valence-corrected chi connectivity index (χ0v) is 18.7. The molecule has 0 saturated carbocycles. The van der Waals surface area contributed by atoms with Gasteiger partial charge in [-0.2, -0.15) is 13.2 Å². The maximum atomic E-state index is 13.2. The van der Waals surface area contributed by atoms with Gasteiger partial charge in [-0.05, 0) is 25.5 Å². The Hall–Kier alpha value is -2.64. The summed E-state index contributed by atoms with van der Waals surface area (Å²) in [6.07, 6.45) is -3.71. The van der Waals surface area contributed by atoms with E-state index in [9.17, 15) is 18.0 Å². The minimum Gasteiger partial charge on any atom is -0.353 e. The molecule has 2 heterocycles. The van der Waals surface area contributed by atoms with E-state index >= 15 is 0 Å². The van der Waals surface area contributed by atoms with Gasteiger partial charge in [0.1, 0.15) is 5.82 Å². The van der Waals surface area contributed by atoms with Crippen molar-refractivity contribution >= 4 is 11.7 Å². The Kier molecular flexibility index (Phi) is 6.30. The quantitative estimate of drug-likeness (QED) is 0.701. The van der Waals surface area contributed by atoms with Crippen molar-refractivity contribution in [1.82, 2.24) is 14.9 Å². The standard InChI is InChI=1S/C23H29F3N4O/c1-6-18-15(2)27-19(16-8-7-9-17(14-16)23(24,25)26)28-20(18)29-10-12-30(13-11-29)21(31)22(3,4)5/h7-9,14H,6,10-13H2,1-5H3. The second-order valence-corrected chi connectivity index (χ2v) is 8.90. The van der Waals surface area contributed by atoms with E-state index in [1.165, 1.54) is 6.07 Å². The van der Waals surface area contributed by atoms with Crippen LogP contribution < -0.4 is 4.90 Å². The van der Waals surface area contributed by atoms with Crippen LogP contribution in [0.4, 0.5) is 19.0 Å². The second kappa shape index (κ2) is 8.48. The number of carbonyl (C=O) groups excluding carboxylic acids is 1. The first-order valence-corrected chi connectivity index (χ1v) is 10.5. The molecule has 31 heavy (non-hydrogen) atoms. The Morgan fingerprint density at radius 3 is 2.26 bits per heavy atom. The fraction of sp³-hybridized carbons (Fsp3) is 0.522. The van der Waals surface area contributed by atoms with Gasteiger partial charge in [0.05, 0.1) is 5.56 Å². The van der Waals surface area contributed by atoms with E-state index in [2.05, 4.69) is 14.9 Å². The number of carbonyl (C=O) groups is 1. The van der Waals surface area contributed by atoms with Crippen LogP contribution in [0.15, 0.2) is 24.3 Å². The Morgan fingerprint density at radius 1 is 1.06 bits per heavy atom. The zero-order valence-electron chi connectivity index (χ0n) is 18.7. The lowest BCUT2D eigenvalue weighted by Gasteiger charge is -2.39. The lowest BCUT2D eigenvalue weighted by atomic mass is 9.94. The number of anilines is 1.